The Labute approximate surface area is 128 Å². The molecular formula is C14H11N3O4S. The fraction of sp³-hybridized carbons (Fsp3) is 0.0714. The topological polar surface area (TPSA) is 97.4 Å². The number of nitrogens with zero attached hydrogens (tertiary/aromatic N) is 1. The number of rotatable bonds is 3. The van der Waals surface area contributed by atoms with E-state index >= 15 is 0 Å². The van der Waals surface area contributed by atoms with E-state index in [1.54, 1.807) is 6.92 Å². The van der Waals surface area contributed by atoms with Crippen LogP contribution in [0.5, 0.6) is 0 Å². The lowest BCUT2D eigenvalue weighted by molar-refractivity contribution is 0.0840. The molecule has 0 saturated carbocycles. The first kappa shape index (κ1) is 14.1. The van der Waals surface area contributed by atoms with Gasteiger partial charge in [-0.15, -0.1) is 11.3 Å². The molecule has 0 aromatic carbocycles. The number of amides is 2. The third-order valence-electron chi connectivity index (χ3n) is 2.90. The molecule has 0 aliphatic carbocycles. The van der Waals surface area contributed by atoms with Gasteiger partial charge in [0.15, 0.2) is 11.5 Å². The van der Waals surface area contributed by atoms with Crippen molar-refractivity contribution in [3.63, 3.8) is 0 Å². The van der Waals surface area contributed by atoms with Gasteiger partial charge in [0, 0.05) is 6.07 Å². The van der Waals surface area contributed by atoms with E-state index in [1.807, 2.05) is 17.5 Å². The molecule has 22 heavy (non-hydrogen) atoms. The number of hydrazine groups is 1. The normalized spacial score (nSPS) is 10.4. The molecule has 3 heterocycles. The Balaban J connectivity index is 1.63. The van der Waals surface area contributed by atoms with E-state index in [-0.39, 0.29) is 5.69 Å². The number of thiophene rings is 1. The molecule has 8 heteroatoms. The van der Waals surface area contributed by atoms with Crippen LogP contribution in [0.2, 0.25) is 0 Å². The van der Waals surface area contributed by atoms with Gasteiger partial charge >= 0.3 is 0 Å². The highest BCUT2D eigenvalue weighted by Gasteiger charge is 2.16. The van der Waals surface area contributed by atoms with Crippen molar-refractivity contribution in [3.8, 4) is 10.6 Å². The third kappa shape index (κ3) is 2.77. The van der Waals surface area contributed by atoms with Crippen LogP contribution in [-0.4, -0.2) is 17.0 Å². The molecular weight excluding hydrogens is 306 g/mol. The van der Waals surface area contributed by atoms with Gasteiger partial charge in [-0.2, -0.15) is 0 Å². The number of hydrogen-bond donors (Lipinski definition) is 2. The Bertz CT molecular complexity index is 804. The summed E-state index contributed by atoms with van der Waals surface area (Å²) in [6.45, 7) is 1.65. The molecule has 7 nitrogen and oxygen atoms in total. The number of carbonyl (C=O) groups is 2. The van der Waals surface area contributed by atoms with E-state index in [2.05, 4.69) is 16.0 Å². The second-order valence-electron chi connectivity index (χ2n) is 4.35. The first-order valence-electron chi connectivity index (χ1n) is 6.30. The van der Waals surface area contributed by atoms with Crippen LogP contribution in [0.15, 0.2) is 44.8 Å². The predicted molar refractivity (Wildman–Crippen MR) is 78.2 cm³/mol. The lowest BCUT2D eigenvalue weighted by atomic mass is 10.2. The Hall–Kier alpha value is -2.87. The molecule has 0 unspecified atom stereocenters. The molecule has 0 fully saturated rings. The van der Waals surface area contributed by atoms with E-state index in [0.29, 0.717) is 17.1 Å². The number of aromatic nitrogens is 1. The van der Waals surface area contributed by atoms with Crippen LogP contribution in [0, 0.1) is 6.92 Å². The molecule has 2 N–H and O–H groups in total. The maximum Gasteiger partial charge on any atom is 0.291 e. The summed E-state index contributed by atoms with van der Waals surface area (Å²) in [6.07, 6.45) is 1.40. The Morgan fingerprint density at radius 1 is 1.23 bits per heavy atom. The minimum absolute atomic E-state index is 0.0765. The van der Waals surface area contributed by atoms with Crippen molar-refractivity contribution < 1.29 is 18.5 Å². The average molecular weight is 317 g/mol. The van der Waals surface area contributed by atoms with Crippen LogP contribution in [0.3, 0.4) is 0 Å². The zero-order valence-corrected chi connectivity index (χ0v) is 12.3. The summed E-state index contributed by atoms with van der Waals surface area (Å²) < 4.78 is 10.1. The predicted octanol–water partition coefficient (Wildman–Crippen LogP) is 2.38. The van der Waals surface area contributed by atoms with Gasteiger partial charge in [-0.3, -0.25) is 20.4 Å². The van der Waals surface area contributed by atoms with E-state index in [4.69, 9.17) is 8.94 Å². The second-order valence-corrected chi connectivity index (χ2v) is 5.30. The van der Waals surface area contributed by atoms with E-state index < -0.39 is 11.8 Å². The standard InChI is InChI=1S/C14H11N3O4S/c1-8-9(4-5-20-8)13(18)15-16-14(19)10-7-11(21-17-10)12-3-2-6-22-12/h2-7H,1H3,(H,15,18)(H,16,19). The molecule has 0 bridgehead atoms. The van der Waals surface area contributed by atoms with E-state index in [9.17, 15) is 9.59 Å². The summed E-state index contributed by atoms with van der Waals surface area (Å²) in [5, 5.41) is 5.57. The number of aryl methyl sites for hydroxylation is 1. The van der Waals surface area contributed by atoms with Crippen LogP contribution >= 0.6 is 11.3 Å². The van der Waals surface area contributed by atoms with Crippen LogP contribution in [0.1, 0.15) is 26.6 Å². The number of nitrogens with one attached hydrogen (secondary N) is 2. The Kier molecular flexibility index (Phi) is 3.75. The fourth-order valence-electron chi connectivity index (χ4n) is 1.78. The largest absolute Gasteiger partial charge is 0.469 e. The van der Waals surface area contributed by atoms with E-state index in [0.717, 1.165) is 4.88 Å². The van der Waals surface area contributed by atoms with Gasteiger partial charge < -0.3 is 8.94 Å². The Morgan fingerprint density at radius 2 is 2.05 bits per heavy atom. The lowest BCUT2D eigenvalue weighted by Crippen LogP contribution is -2.41. The van der Waals surface area contributed by atoms with Gasteiger partial charge in [0.25, 0.3) is 11.8 Å². The number of carbonyl (C=O) groups excluding carboxylic acids is 2. The minimum Gasteiger partial charge on any atom is -0.469 e. The molecule has 3 aromatic heterocycles. The third-order valence-corrected chi connectivity index (χ3v) is 3.78. The van der Waals surface area contributed by atoms with Gasteiger partial charge in [0.2, 0.25) is 0 Å². The van der Waals surface area contributed by atoms with Crippen molar-refractivity contribution in [1.82, 2.24) is 16.0 Å². The summed E-state index contributed by atoms with van der Waals surface area (Å²) in [5.41, 5.74) is 4.99. The molecule has 3 aromatic rings. The highest BCUT2D eigenvalue weighted by molar-refractivity contribution is 7.13. The van der Waals surface area contributed by atoms with Gasteiger partial charge in [0.1, 0.15) is 5.76 Å². The second kappa shape index (κ2) is 5.86. The molecule has 112 valence electrons. The summed E-state index contributed by atoms with van der Waals surface area (Å²) in [5.74, 6) is -0.0760. The molecule has 2 amide bonds. The summed E-state index contributed by atoms with van der Waals surface area (Å²) in [4.78, 5) is 24.6. The highest BCUT2D eigenvalue weighted by Crippen LogP contribution is 2.24. The van der Waals surface area contributed by atoms with Crippen molar-refractivity contribution in [3.05, 3.63) is 52.9 Å². The number of furan rings is 1. The highest BCUT2D eigenvalue weighted by atomic mass is 32.1. The van der Waals surface area contributed by atoms with Crippen molar-refractivity contribution >= 4 is 23.2 Å². The van der Waals surface area contributed by atoms with Crippen LogP contribution < -0.4 is 10.9 Å². The van der Waals surface area contributed by atoms with Crippen LogP contribution in [-0.2, 0) is 0 Å². The molecule has 0 spiro atoms. The maximum atomic E-state index is 11.9. The number of hydrogen-bond acceptors (Lipinski definition) is 6. The molecule has 0 atom stereocenters. The average Bonchev–Trinajstić information content (AvgIpc) is 3.23. The lowest BCUT2D eigenvalue weighted by Gasteiger charge is -2.04. The first-order valence-corrected chi connectivity index (χ1v) is 7.18. The van der Waals surface area contributed by atoms with Crippen LogP contribution in [0.4, 0.5) is 0 Å². The zero-order valence-electron chi connectivity index (χ0n) is 11.5. The summed E-state index contributed by atoms with van der Waals surface area (Å²) in [6, 6.07) is 6.75. The smallest absolute Gasteiger partial charge is 0.291 e. The minimum atomic E-state index is -0.568. The van der Waals surface area contributed by atoms with Crippen molar-refractivity contribution in [2.75, 3.05) is 0 Å². The fourth-order valence-corrected chi connectivity index (χ4v) is 2.46. The summed E-state index contributed by atoms with van der Waals surface area (Å²) in [7, 11) is 0. The first-order chi connectivity index (χ1) is 10.6. The van der Waals surface area contributed by atoms with Gasteiger partial charge in [-0.1, -0.05) is 11.2 Å². The van der Waals surface area contributed by atoms with E-state index in [1.165, 1.54) is 29.7 Å². The van der Waals surface area contributed by atoms with Gasteiger partial charge in [0.05, 0.1) is 16.7 Å². The van der Waals surface area contributed by atoms with Gasteiger partial charge in [-0.05, 0) is 24.4 Å². The molecule has 0 radical (unpaired) electrons. The van der Waals surface area contributed by atoms with Crippen molar-refractivity contribution in [2.24, 2.45) is 0 Å². The quantitative estimate of drug-likeness (QED) is 0.723. The van der Waals surface area contributed by atoms with Gasteiger partial charge in [-0.25, -0.2) is 0 Å². The van der Waals surface area contributed by atoms with Crippen molar-refractivity contribution in [2.45, 2.75) is 6.92 Å². The SMILES string of the molecule is Cc1occc1C(=O)NNC(=O)c1cc(-c2cccs2)on1. The zero-order chi connectivity index (χ0) is 15.5. The molecule has 0 aliphatic heterocycles. The molecule has 3 rings (SSSR count). The molecule has 0 saturated heterocycles. The van der Waals surface area contributed by atoms with Crippen LogP contribution in [0.25, 0.3) is 10.6 Å². The molecule has 0 aliphatic rings. The monoisotopic (exact) mass is 317 g/mol. The maximum absolute atomic E-state index is 11.9. The van der Waals surface area contributed by atoms with Crippen molar-refractivity contribution in [1.29, 1.82) is 0 Å². The summed E-state index contributed by atoms with van der Waals surface area (Å²) >= 11 is 1.47. The Morgan fingerprint density at radius 3 is 2.73 bits per heavy atom.